The highest BCUT2D eigenvalue weighted by atomic mass is 16.4. The van der Waals surface area contributed by atoms with Gasteiger partial charge >= 0.3 is 0 Å². The normalized spacial score (nSPS) is 17.0. The van der Waals surface area contributed by atoms with E-state index in [0.717, 1.165) is 24.0 Å². The summed E-state index contributed by atoms with van der Waals surface area (Å²) in [5.41, 5.74) is 2.03. The van der Waals surface area contributed by atoms with Gasteiger partial charge in [-0.1, -0.05) is 17.7 Å². The molecule has 1 atom stereocenters. The molecule has 0 spiro atoms. The summed E-state index contributed by atoms with van der Waals surface area (Å²) in [6.45, 7) is 5.73. The van der Waals surface area contributed by atoms with E-state index >= 15 is 0 Å². The topological polar surface area (TPSA) is 88.3 Å². The van der Waals surface area contributed by atoms with E-state index in [1.807, 2.05) is 38.1 Å². The molecule has 2 aromatic rings. The van der Waals surface area contributed by atoms with Crippen LogP contribution in [0.25, 0.3) is 11.5 Å². The maximum absolute atomic E-state index is 12.5. The number of aryl methyl sites for hydroxylation is 2. The number of likely N-dealkylation sites (tertiary alicyclic amines) is 1. The van der Waals surface area contributed by atoms with Crippen molar-refractivity contribution in [1.82, 2.24) is 20.4 Å². The van der Waals surface area contributed by atoms with E-state index in [2.05, 4.69) is 15.5 Å². The molecule has 3 rings (SSSR count). The van der Waals surface area contributed by atoms with E-state index in [4.69, 9.17) is 4.42 Å². The van der Waals surface area contributed by atoms with Crippen LogP contribution in [0.4, 0.5) is 0 Å². The third-order valence-electron chi connectivity index (χ3n) is 4.81. The van der Waals surface area contributed by atoms with Crippen molar-refractivity contribution >= 4 is 11.8 Å². The molecule has 2 amide bonds. The molecule has 0 saturated carbocycles. The summed E-state index contributed by atoms with van der Waals surface area (Å²) in [5.74, 6) is 0.871. The predicted molar refractivity (Wildman–Crippen MR) is 101 cm³/mol. The van der Waals surface area contributed by atoms with Gasteiger partial charge in [-0.3, -0.25) is 9.59 Å². The number of nitrogens with zero attached hydrogens (tertiary/aromatic N) is 3. The lowest BCUT2D eigenvalue weighted by Crippen LogP contribution is -2.45. The van der Waals surface area contributed by atoms with Crippen LogP contribution in [0, 0.1) is 12.8 Å². The Balaban J connectivity index is 1.53. The van der Waals surface area contributed by atoms with Crippen molar-refractivity contribution in [2.75, 3.05) is 19.6 Å². The Morgan fingerprint density at radius 1 is 1.26 bits per heavy atom. The predicted octanol–water partition coefficient (Wildman–Crippen LogP) is 2.35. The minimum Gasteiger partial charge on any atom is -0.421 e. The van der Waals surface area contributed by atoms with Crippen LogP contribution in [0.2, 0.25) is 0 Å². The third-order valence-corrected chi connectivity index (χ3v) is 4.81. The first kappa shape index (κ1) is 19.1. The first-order valence-electron chi connectivity index (χ1n) is 9.51. The minimum atomic E-state index is -0.112. The molecule has 1 aromatic heterocycles. The van der Waals surface area contributed by atoms with E-state index in [1.165, 1.54) is 0 Å². The average molecular weight is 370 g/mol. The highest BCUT2D eigenvalue weighted by molar-refractivity contribution is 5.81. The molecule has 144 valence electrons. The smallest absolute Gasteiger partial charge is 0.247 e. The summed E-state index contributed by atoms with van der Waals surface area (Å²) in [6, 6.07) is 7.86. The van der Waals surface area contributed by atoms with Crippen LogP contribution < -0.4 is 5.32 Å². The molecule has 1 unspecified atom stereocenters. The number of piperidine rings is 1. The largest absolute Gasteiger partial charge is 0.421 e. The van der Waals surface area contributed by atoms with Gasteiger partial charge in [0.1, 0.15) is 0 Å². The number of rotatable bonds is 6. The van der Waals surface area contributed by atoms with Crippen LogP contribution in [0.1, 0.15) is 37.6 Å². The van der Waals surface area contributed by atoms with Gasteiger partial charge in [0, 0.05) is 38.0 Å². The Morgan fingerprint density at radius 2 is 2.04 bits per heavy atom. The summed E-state index contributed by atoms with van der Waals surface area (Å²) < 4.78 is 5.68. The van der Waals surface area contributed by atoms with E-state index in [9.17, 15) is 9.59 Å². The fourth-order valence-electron chi connectivity index (χ4n) is 3.28. The molecule has 1 saturated heterocycles. The summed E-state index contributed by atoms with van der Waals surface area (Å²) in [4.78, 5) is 26.3. The molecular formula is C20H26N4O3. The number of hydrogen-bond acceptors (Lipinski definition) is 5. The van der Waals surface area contributed by atoms with E-state index in [0.29, 0.717) is 44.3 Å². The van der Waals surface area contributed by atoms with Gasteiger partial charge < -0.3 is 14.6 Å². The Hall–Kier alpha value is -2.70. The molecule has 7 heteroatoms. The number of carbonyl (C=O) groups is 2. The van der Waals surface area contributed by atoms with Crippen LogP contribution >= 0.6 is 0 Å². The lowest BCUT2D eigenvalue weighted by Gasteiger charge is -2.32. The van der Waals surface area contributed by atoms with Crippen molar-refractivity contribution < 1.29 is 14.0 Å². The maximum atomic E-state index is 12.5. The van der Waals surface area contributed by atoms with Gasteiger partial charge in [0.2, 0.25) is 23.6 Å². The summed E-state index contributed by atoms with van der Waals surface area (Å²) in [7, 11) is 0. The Kier molecular flexibility index (Phi) is 6.21. The van der Waals surface area contributed by atoms with E-state index in [1.54, 1.807) is 4.90 Å². The Morgan fingerprint density at radius 3 is 2.78 bits per heavy atom. The number of nitrogens with one attached hydrogen (secondary N) is 1. The monoisotopic (exact) mass is 370 g/mol. The second-order valence-corrected chi connectivity index (χ2v) is 6.94. The highest BCUT2D eigenvalue weighted by Crippen LogP contribution is 2.20. The molecule has 1 aromatic carbocycles. The molecule has 1 fully saturated rings. The van der Waals surface area contributed by atoms with Gasteiger partial charge in [-0.25, -0.2) is 0 Å². The van der Waals surface area contributed by atoms with Gasteiger partial charge in [0.15, 0.2) is 0 Å². The number of aromatic nitrogens is 2. The molecule has 1 aliphatic heterocycles. The van der Waals surface area contributed by atoms with Crippen LogP contribution in [-0.4, -0.2) is 46.5 Å². The number of carbonyl (C=O) groups excluding carboxylic acids is 2. The van der Waals surface area contributed by atoms with Crippen molar-refractivity contribution in [1.29, 1.82) is 0 Å². The molecular weight excluding hydrogens is 344 g/mol. The highest BCUT2D eigenvalue weighted by Gasteiger charge is 2.28. The molecule has 1 N–H and O–H groups in total. The Bertz CT molecular complexity index is 785. The fraction of sp³-hybridized carbons (Fsp3) is 0.500. The summed E-state index contributed by atoms with van der Waals surface area (Å²) >= 11 is 0. The second kappa shape index (κ2) is 8.79. The van der Waals surface area contributed by atoms with Crippen LogP contribution in [0.3, 0.4) is 0 Å². The van der Waals surface area contributed by atoms with Crippen molar-refractivity contribution in [3.8, 4) is 11.5 Å². The summed E-state index contributed by atoms with van der Waals surface area (Å²) in [5, 5.41) is 11.0. The lowest BCUT2D eigenvalue weighted by atomic mass is 9.96. The van der Waals surface area contributed by atoms with Gasteiger partial charge in [-0.2, -0.15) is 0 Å². The van der Waals surface area contributed by atoms with Crippen molar-refractivity contribution in [2.45, 2.75) is 39.5 Å². The van der Waals surface area contributed by atoms with Crippen LogP contribution in [-0.2, 0) is 16.0 Å². The standard InChI is InChI=1S/C20H26N4O3/c1-3-21-19(26)16-5-4-12-24(13-16)18(25)11-10-17-22-23-20(27-17)15-8-6-14(2)7-9-15/h6-9,16H,3-5,10-13H2,1-2H3,(H,21,26). The summed E-state index contributed by atoms with van der Waals surface area (Å²) in [6.07, 6.45) is 2.39. The third kappa shape index (κ3) is 4.93. The second-order valence-electron chi connectivity index (χ2n) is 6.94. The molecule has 0 bridgehead atoms. The number of amides is 2. The first-order valence-corrected chi connectivity index (χ1v) is 9.51. The van der Waals surface area contributed by atoms with Gasteiger partial charge in [0.25, 0.3) is 0 Å². The number of hydrogen-bond donors (Lipinski definition) is 1. The zero-order chi connectivity index (χ0) is 19.2. The van der Waals surface area contributed by atoms with Crippen LogP contribution in [0.5, 0.6) is 0 Å². The number of benzene rings is 1. The zero-order valence-corrected chi connectivity index (χ0v) is 15.9. The molecule has 1 aliphatic rings. The maximum Gasteiger partial charge on any atom is 0.247 e. The molecule has 27 heavy (non-hydrogen) atoms. The lowest BCUT2D eigenvalue weighted by molar-refractivity contribution is -0.135. The van der Waals surface area contributed by atoms with E-state index < -0.39 is 0 Å². The SMILES string of the molecule is CCNC(=O)C1CCCN(C(=O)CCc2nnc(-c3ccc(C)cc3)o2)C1. The molecule has 7 nitrogen and oxygen atoms in total. The van der Waals surface area contributed by atoms with E-state index in [-0.39, 0.29) is 17.7 Å². The van der Waals surface area contributed by atoms with Gasteiger partial charge in [-0.05, 0) is 38.8 Å². The Labute approximate surface area is 159 Å². The van der Waals surface area contributed by atoms with Crippen molar-refractivity contribution in [3.63, 3.8) is 0 Å². The molecule has 0 aliphatic carbocycles. The van der Waals surface area contributed by atoms with Crippen molar-refractivity contribution in [3.05, 3.63) is 35.7 Å². The first-order chi connectivity index (χ1) is 13.1. The fourth-order valence-corrected chi connectivity index (χ4v) is 3.28. The quantitative estimate of drug-likeness (QED) is 0.843. The van der Waals surface area contributed by atoms with Gasteiger partial charge in [0.05, 0.1) is 5.92 Å². The van der Waals surface area contributed by atoms with Crippen molar-refractivity contribution in [2.24, 2.45) is 5.92 Å². The zero-order valence-electron chi connectivity index (χ0n) is 15.9. The molecule has 0 radical (unpaired) electrons. The minimum absolute atomic E-state index is 0.0269. The average Bonchev–Trinajstić information content (AvgIpc) is 3.16. The van der Waals surface area contributed by atoms with Gasteiger partial charge in [-0.15, -0.1) is 10.2 Å². The molecule has 2 heterocycles. The van der Waals surface area contributed by atoms with Crippen LogP contribution in [0.15, 0.2) is 28.7 Å².